The molecule has 3 unspecified atom stereocenters. The number of nitrogens with zero attached hydrogens (tertiary/aromatic N) is 1. The highest BCUT2D eigenvalue weighted by molar-refractivity contribution is 5.77. The molecule has 1 aromatic heterocycles. The van der Waals surface area contributed by atoms with Crippen LogP contribution >= 0.6 is 0 Å². The minimum absolute atomic E-state index is 0.387. The number of rotatable bonds is 2. The van der Waals surface area contributed by atoms with Crippen molar-refractivity contribution in [3.63, 3.8) is 0 Å². The lowest BCUT2D eigenvalue weighted by molar-refractivity contribution is 0.219. The third-order valence-electron chi connectivity index (χ3n) is 4.82. The molecule has 0 spiro atoms. The van der Waals surface area contributed by atoms with Gasteiger partial charge in [0.15, 0.2) is 0 Å². The molecule has 2 aliphatic heterocycles. The van der Waals surface area contributed by atoms with Gasteiger partial charge in [-0.3, -0.25) is 4.90 Å². The summed E-state index contributed by atoms with van der Waals surface area (Å²) in [6.07, 6.45) is 0. The van der Waals surface area contributed by atoms with Gasteiger partial charge in [0.1, 0.15) is 11.3 Å². The van der Waals surface area contributed by atoms with Gasteiger partial charge in [0.05, 0.1) is 6.04 Å². The molecule has 1 aromatic carbocycles. The summed E-state index contributed by atoms with van der Waals surface area (Å²) < 4.78 is 6.01. The van der Waals surface area contributed by atoms with Gasteiger partial charge < -0.3 is 9.73 Å². The molecule has 1 N–H and O–H groups in total. The Bertz CT molecular complexity index is 546. The first kappa shape index (κ1) is 11.5. The number of likely N-dealkylation sites (tertiary alicyclic amines) is 1. The zero-order valence-electron chi connectivity index (χ0n) is 11.3. The van der Waals surface area contributed by atoms with Crippen LogP contribution in [-0.4, -0.2) is 31.1 Å². The van der Waals surface area contributed by atoms with Gasteiger partial charge in [-0.1, -0.05) is 18.2 Å². The first-order valence-electron chi connectivity index (χ1n) is 7.24. The molecular formula is C16H20N2O. The number of nitrogens with one attached hydrogen (secondary N) is 1. The van der Waals surface area contributed by atoms with Gasteiger partial charge in [0.2, 0.25) is 0 Å². The Morgan fingerprint density at radius 1 is 1.21 bits per heavy atom. The van der Waals surface area contributed by atoms with Gasteiger partial charge in [-0.2, -0.15) is 0 Å². The summed E-state index contributed by atoms with van der Waals surface area (Å²) >= 11 is 0. The summed E-state index contributed by atoms with van der Waals surface area (Å²) in [5.74, 6) is 2.78. The van der Waals surface area contributed by atoms with E-state index in [9.17, 15) is 0 Å². The van der Waals surface area contributed by atoms with Gasteiger partial charge in [-0.25, -0.2) is 0 Å². The summed E-state index contributed by atoms with van der Waals surface area (Å²) in [7, 11) is 0. The van der Waals surface area contributed by atoms with E-state index >= 15 is 0 Å². The van der Waals surface area contributed by atoms with Crippen molar-refractivity contribution in [3.05, 3.63) is 36.1 Å². The SMILES string of the molecule is CC(c1cc2ccccc2o1)N1CC2CNCC2C1. The topological polar surface area (TPSA) is 28.4 Å². The molecule has 3 heterocycles. The van der Waals surface area contributed by atoms with E-state index < -0.39 is 0 Å². The van der Waals surface area contributed by atoms with Crippen LogP contribution in [0.5, 0.6) is 0 Å². The van der Waals surface area contributed by atoms with Crippen molar-refractivity contribution in [1.29, 1.82) is 0 Å². The zero-order chi connectivity index (χ0) is 12.8. The Balaban J connectivity index is 1.58. The molecule has 0 bridgehead atoms. The van der Waals surface area contributed by atoms with E-state index in [1.54, 1.807) is 0 Å². The summed E-state index contributed by atoms with van der Waals surface area (Å²) in [5.41, 5.74) is 1.01. The summed E-state index contributed by atoms with van der Waals surface area (Å²) in [5, 5.41) is 4.71. The molecule has 4 rings (SSSR count). The van der Waals surface area contributed by atoms with E-state index in [-0.39, 0.29) is 0 Å². The molecule has 3 atom stereocenters. The number of hydrogen-bond donors (Lipinski definition) is 1. The normalized spacial score (nSPS) is 28.9. The zero-order valence-corrected chi connectivity index (χ0v) is 11.3. The molecule has 0 radical (unpaired) electrons. The first-order valence-corrected chi connectivity index (χ1v) is 7.24. The fourth-order valence-electron chi connectivity index (χ4n) is 3.60. The maximum absolute atomic E-state index is 6.01. The quantitative estimate of drug-likeness (QED) is 0.895. The molecule has 19 heavy (non-hydrogen) atoms. The minimum Gasteiger partial charge on any atom is -0.459 e. The van der Waals surface area contributed by atoms with Crippen LogP contribution in [0.3, 0.4) is 0 Å². The van der Waals surface area contributed by atoms with Gasteiger partial charge in [0, 0.05) is 18.5 Å². The fraction of sp³-hybridized carbons (Fsp3) is 0.500. The second-order valence-electron chi connectivity index (χ2n) is 5.99. The largest absolute Gasteiger partial charge is 0.459 e. The maximum Gasteiger partial charge on any atom is 0.134 e. The van der Waals surface area contributed by atoms with Crippen LogP contribution in [0.2, 0.25) is 0 Å². The fourth-order valence-corrected chi connectivity index (χ4v) is 3.60. The Hall–Kier alpha value is -1.32. The molecule has 0 amide bonds. The maximum atomic E-state index is 6.01. The van der Waals surface area contributed by atoms with Crippen LogP contribution in [0.4, 0.5) is 0 Å². The molecule has 2 aromatic rings. The van der Waals surface area contributed by atoms with E-state index in [0.29, 0.717) is 6.04 Å². The van der Waals surface area contributed by atoms with Crippen molar-refractivity contribution < 1.29 is 4.42 Å². The van der Waals surface area contributed by atoms with E-state index in [0.717, 1.165) is 23.2 Å². The third kappa shape index (κ3) is 1.88. The molecule has 2 fully saturated rings. The highest BCUT2D eigenvalue weighted by Gasteiger charge is 2.38. The van der Waals surface area contributed by atoms with Gasteiger partial charge in [-0.15, -0.1) is 0 Å². The smallest absolute Gasteiger partial charge is 0.134 e. The molecular weight excluding hydrogens is 236 g/mol. The van der Waals surface area contributed by atoms with Crippen LogP contribution in [0.15, 0.2) is 34.7 Å². The Kier molecular flexibility index (Phi) is 2.64. The lowest BCUT2D eigenvalue weighted by atomic mass is 10.0. The standard InChI is InChI=1S/C16H20N2O/c1-11(18-9-13-7-17-8-14(13)10-18)16-6-12-4-2-3-5-15(12)19-16/h2-6,11,13-14,17H,7-10H2,1H3. The van der Waals surface area contributed by atoms with Crippen molar-refractivity contribution in [1.82, 2.24) is 10.2 Å². The van der Waals surface area contributed by atoms with Crippen molar-refractivity contribution in [2.24, 2.45) is 11.8 Å². The lowest BCUT2D eigenvalue weighted by Crippen LogP contribution is -2.28. The minimum atomic E-state index is 0.387. The molecule has 2 saturated heterocycles. The Morgan fingerprint density at radius 2 is 1.95 bits per heavy atom. The van der Waals surface area contributed by atoms with Crippen LogP contribution < -0.4 is 5.32 Å². The predicted molar refractivity (Wildman–Crippen MR) is 76.1 cm³/mol. The third-order valence-corrected chi connectivity index (χ3v) is 4.82. The average molecular weight is 256 g/mol. The predicted octanol–water partition coefficient (Wildman–Crippen LogP) is 2.65. The first-order chi connectivity index (χ1) is 9.31. The van der Waals surface area contributed by atoms with Crippen LogP contribution in [-0.2, 0) is 0 Å². The highest BCUT2D eigenvalue weighted by atomic mass is 16.3. The second kappa shape index (κ2) is 4.36. The lowest BCUT2D eigenvalue weighted by Gasteiger charge is -2.23. The highest BCUT2D eigenvalue weighted by Crippen LogP contribution is 2.34. The Morgan fingerprint density at radius 3 is 2.68 bits per heavy atom. The van der Waals surface area contributed by atoms with Crippen molar-refractivity contribution in [3.8, 4) is 0 Å². The molecule has 2 aliphatic rings. The number of para-hydroxylation sites is 1. The van der Waals surface area contributed by atoms with E-state index in [1.807, 2.05) is 12.1 Å². The molecule has 100 valence electrons. The average Bonchev–Trinajstić information content (AvgIpc) is 3.10. The van der Waals surface area contributed by atoms with Crippen molar-refractivity contribution in [2.75, 3.05) is 26.2 Å². The van der Waals surface area contributed by atoms with Crippen LogP contribution in [0.1, 0.15) is 18.7 Å². The van der Waals surface area contributed by atoms with Crippen LogP contribution in [0.25, 0.3) is 11.0 Å². The number of fused-ring (bicyclic) bond motifs is 2. The van der Waals surface area contributed by atoms with E-state index in [2.05, 4.69) is 35.3 Å². The molecule has 0 aliphatic carbocycles. The monoisotopic (exact) mass is 256 g/mol. The van der Waals surface area contributed by atoms with E-state index in [1.165, 1.54) is 31.6 Å². The van der Waals surface area contributed by atoms with Gasteiger partial charge in [0.25, 0.3) is 0 Å². The molecule has 0 saturated carbocycles. The van der Waals surface area contributed by atoms with Crippen LogP contribution in [0, 0.1) is 11.8 Å². The van der Waals surface area contributed by atoms with Gasteiger partial charge >= 0.3 is 0 Å². The van der Waals surface area contributed by atoms with E-state index in [4.69, 9.17) is 4.42 Å². The Labute approximate surface area is 113 Å². The second-order valence-corrected chi connectivity index (χ2v) is 5.99. The van der Waals surface area contributed by atoms with Crippen molar-refractivity contribution >= 4 is 11.0 Å². The number of hydrogen-bond acceptors (Lipinski definition) is 3. The van der Waals surface area contributed by atoms with Crippen molar-refractivity contribution in [2.45, 2.75) is 13.0 Å². The summed E-state index contributed by atoms with van der Waals surface area (Å²) in [6, 6.07) is 10.9. The summed E-state index contributed by atoms with van der Waals surface area (Å²) in [4.78, 5) is 2.58. The molecule has 3 heteroatoms. The number of furan rings is 1. The number of benzene rings is 1. The van der Waals surface area contributed by atoms with Gasteiger partial charge in [-0.05, 0) is 44.0 Å². The summed E-state index contributed by atoms with van der Waals surface area (Å²) in [6.45, 7) is 7.06. The molecule has 3 nitrogen and oxygen atoms in total.